The van der Waals surface area contributed by atoms with E-state index in [1.165, 1.54) is 65.8 Å². The second-order valence-electron chi connectivity index (χ2n) is 9.40. The Morgan fingerprint density at radius 1 is 0.469 bits per heavy atom. The molecule has 2 aromatic heterocycles. The molecule has 0 saturated heterocycles. The quantitative estimate of drug-likeness (QED) is 0.307. The molecular formula is C28H28N4. The first-order valence-corrected chi connectivity index (χ1v) is 11.1. The van der Waals surface area contributed by atoms with Crippen molar-refractivity contribution in [2.45, 2.75) is 0 Å². The molecule has 2 heterocycles. The van der Waals surface area contributed by atoms with Crippen molar-refractivity contribution in [1.29, 1.82) is 0 Å². The summed E-state index contributed by atoms with van der Waals surface area (Å²) in [5, 5.41) is 10.4. The molecule has 0 fully saturated rings. The minimum atomic E-state index is 1.22. The van der Waals surface area contributed by atoms with Crippen molar-refractivity contribution < 1.29 is 0 Å². The van der Waals surface area contributed by atoms with Gasteiger partial charge in [0.05, 0.1) is 11.0 Å². The number of anilines is 2. The summed E-state index contributed by atoms with van der Waals surface area (Å²) in [5.41, 5.74) is 2.53. The molecule has 0 N–H and O–H groups in total. The third kappa shape index (κ3) is 2.49. The van der Waals surface area contributed by atoms with Gasteiger partial charge in [-0.25, -0.2) is 0 Å². The van der Waals surface area contributed by atoms with Crippen LogP contribution >= 0.6 is 0 Å². The largest absolute Gasteiger partial charge is 0.364 e. The van der Waals surface area contributed by atoms with Gasteiger partial charge in [0.25, 0.3) is 0 Å². The number of aryl methyl sites for hydroxylation is 2. The van der Waals surface area contributed by atoms with Gasteiger partial charge in [-0.3, -0.25) is 0 Å². The second kappa shape index (κ2) is 6.42. The summed E-state index contributed by atoms with van der Waals surface area (Å²) in [7, 11) is 12.7. The highest BCUT2D eigenvalue weighted by Crippen LogP contribution is 2.37. The van der Waals surface area contributed by atoms with Crippen LogP contribution in [0.1, 0.15) is 0 Å². The van der Waals surface area contributed by atoms with E-state index in [2.05, 4.69) is 122 Å². The minimum absolute atomic E-state index is 1.22. The van der Waals surface area contributed by atoms with Gasteiger partial charge in [0.2, 0.25) is 0 Å². The molecule has 0 radical (unpaired) electrons. The van der Waals surface area contributed by atoms with E-state index < -0.39 is 0 Å². The number of aromatic nitrogens is 2. The summed E-state index contributed by atoms with van der Waals surface area (Å²) < 4.78 is 4.57. The van der Waals surface area contributed by atoms with Crippen LogP contribution < -0.4 is 9.80 Å². The lowest BCUT2D eigenvalue weighted by Gasteiger charge is -2.13. The smallest absolute Gasteiger partial charge is 0.108 e. The van der Waals surface area contributed by atoms with Crippen molar-refractivity contribution in [1.82, 2.24) is 9.13 Å². The first-order valence-electron chi connectivity index (χ1n) is 11.1. The van der Waals surface area contributed by atoms with Crippen molar-refractivity contribution in [2.75, 3.05) is 38.0 Å². The summed E-state index contributed by atoms with van der Waals surface area (Å²) in [4.78, 5) is 4.34. The molecule has 6 aromatic rings. The van der Waals surface area contributed by atoms with Crippen LogP contribution in [0.15, 0.2) is 60.7 Å². The standard InChI is InChI=1S/C28H28N4/c1-29(2)27-13-19-11-17-7-9-22-21(23(17)15-25(19)31(27)5)10-8-18-12-20-14-28(30(3)4)32(6)26(20)16-24(18)22/h7-16H,1-6H3. The summed E-state index contributed by atoms with van der Waals surface area (Å²) in [6.07, 6.45) is 0. The molecule has 4 nitrogen and oxygen atoms in total. The van der Waals surface area contributed by atoms with E-state index in [0.717, 1.165) is 0 Å². The van der Waals surface area contributed by atoms with Gasteiger partial charge in [-0.1, -0.05) is 24.3 Å². The molecule has 0 atom stereocenters. The van der Waals surface area contributed by atoms with Crippen LogP contribution in [0.5, 0.6) is 0 Å². The first-order chi connectivity index (χ1) is 15.3. The monoisotopic (exact) mass is 420 g/mol. The van der Waals surface area contributed by atoms with E-state index >= 15 is 0 Å². The fourth-order valence-electron chi connectivity index (χ4n) is 5.37. The number of nitrogens with zero attached hydrogens (tertiary/aromatic N) is 4. The summed E-state index contributed by atoms with van der Waals surface area (Å²) in [6.45, 7) is 0. The maximum absolute atomic E-state index is 2.36. The van der Waals surface area contributed by atoms with E-state index in [-0.39, 0.29) is 0 Å². The zero-order valence-corrected chi connectivity index (χ0v) is 19.6. The van der Waals surface area contributed by atoms with Crippen molar-refractivity contribution in [2.24, 2.45) is 14.1 Å². The van der Waals surface area contributed by atoms with E-state index in [1.54, 1.807) is 0 Å². The molecule has 0 amide bonds. The van der Waals surface area contributed by atoms with E-state index in [1.807, 2.05) is 0 Å². The molecule has 4 heteroatoms. The minimum Gasteiger partial charge on any atom is -0.364 e. The number of hydrogen-bond donors (Lipinski definition) is 0. The maximum atomic E-state index is 2.36. The Morgan fingerprint density at radius 3 is 1.25 bits per heavy atom. The van der Waals surface area contributed by atoms with Gasteiger partial charge in [-0.05, 0) is 68.7 Å². The highest BCUT2D eigenvalue weighted by atomic mass is 15.2. The van der Waals surface area contributed by atoms with Gasteiger partial charge in [0, 0.05) is 53.1 Å². The zero-order chi connectivity index (χ0) is 22.3. The summed E-state index contributed by atoms with van der Waals surface area (Å²) >= 11 is 0. The highest BCUT2D eigenvalue weighted by molar-refractivity contribution is 6.20. The number of benzene rings is 4. The van der Waals surface area contributed by atoms with E-state index in [4.69, 9.17) is 0 Å². The molecule has 0 bridgehead atoms. The second-order valence-corrected chi connectivity index (χ2v) is 9.40. The predicted molar refractivity (Wildman–Crippen MR) is 141 cm³/mol. The van der Waals surface area contributed by atoms with Crippen molar-refractivity contribution in [3.63, 3.8) is 0 Å². The van der Waals surface area contributed by atoms with Crippen LogP contribution in [0.25, 0.3) is 54.1 Å². The Balaban J connectivity index is 1.70. The van der Waals surface area contributed by atoms with Gasteiger partial charge in [-0.15, -0.1) is 0 Å². The lowest BCUT2D eigenvalue weighted by molar-refractivity contribution is 0.916. The average Bonchev–Trinajstić information content (AvgIpc) is 3.27. The van der Waals surface area contributed by atoms with Crippen LogP contribution in [0.4, 0.5) is 11.6 Å². The maximum Gasteiger partial charge on any atom is 0.108 e. The molecule has 160 valence electrons. The van der Waals surface area contributed by atoms with Gasteiger partial charge >= 0.3 is 0 Å². The van der Waals surface area contributed by atoms with Crippen LogP contribution in [-0.2, 0) is 14.1 Å². The van der Waals surface area contributed by atoms with Gasteiger partial charge in [0.1, 0.15) is 11.6 Å². The van der Waals surface area contributed by atoms with Gasteiger partial charge in [0.15, 0.2) is 0 Å². The lowest BCUT2D eigenvalue weighted by Crippen LogP contribution is -2.12. The predicted octanol–water partition coefficient (Wildman–Crippen LogP) is 6.26. The molecule has 6 rings (SSSR count). The van der Waals surface area contributed by atoms with E-state index in [9.17, 15) is 0 Å². The normalized spacial score (nSPS) is 12.1. The topological polar surface area (TPSA) is 16.3 Å². The molecule has 0 spiro atoms. The lowest BCUT2D eigenvalue weighted by atomic mass is 9.95. The summed E-state index contributed by atoms with van der Waals surface area (Å²) in [5.74, 6) is 2.43. The molecule has 0 aliphatic heterocycles. The molecular weight excluding hydrogens is 392 g/mol. The Labute approximate surface area is 187 Å². The molecule has 0 unspecified atom stereocenters. The Hall–Kier alpha value is -3.66. The SMILES string of the molecule is CN(C)c1cc2cc3ccc4c5cc6c(cc(N(C)C)n6C)cc5ccc4c3cc2n1C. The molecule has 0 aliphatic carbocycles. The third-order valence-corrected chi connectivity index (χ3v) is 7.02. The van der Waals surface area contributed by atoms with Crippen molar-refractivity contribution >= 4 is 65.8 Å². The van der Waals surface area contributed by atoms with Crippen molar-refractivity contribution in [3.8, 4) is 0 Å². The number of fused-ring (bicyclic) bond motifs is 7. The average molecular weight is 421 g/mol. The fourth-order valence-corrected chi connectivity index (χ4v) is 5.37. The van der Waals surface area contributed by atoms with Gasteiger partial charge < -0.3 is 18.9 Å². The van der Waals surface area contributed by atoms with E-state index in [0.29, 0.717) is 0 Å². The molecule has 4 aromatic carbocycles. The van der Waals surface area contributed by atoms with Gasteiger partial charge in [-0.2, -0.15) is 0 Å². The molecule has 0 aliphatic rings. The van der Waals surface area contributed by atoms with Crippen LogP contribution in [0, 0.1) is 0 Å². The molecule has 32 heavy (non-hydrogen) atoms. The Morgan fingerprint density at radius 2 is 0.875 bits per heavy atom. The van der Waals surface area contributed by atoms with Crippen LogP contribution in [-0.4, -0.2) is 37.3 Å². The zero-order valence-electron chi connectivity index (χ0n) is 19.6. The Kier molecular flexibility index (Phi) is 3.83. The number of hydrogen-bond acceptors (Lipinski definition) is 2. The third-order valence-electron chi connectivity index (χ3n) is 7.02. The van der Waals surface area contributed by atoms with Crippen molar-refractivity contribution in [3.05, 3.63) is 60.7 Å². The first kappa shape index (κ1) is 19.1. The molecule has 0 saturated carbocycles. The van der Waals surface area contributed by atoms with Crippen LogP contribution in [0.2, 0.25) is 0 Å². The number of rotatable bonds is 2. The Bertz CT molecular complexity index is 1570. The van der Waals surface area contributed by atoms with Crippen LogP contribution in [0.3, 0.4) is 0 Å². The highest BCUT2D eigenvalue weighted by Gasteiger charge is 2.13. The summed E-state index contributed by atoms with van der Waals surface area (Å²) in [6, 6.07) is 23.1. The fraction of sp³-hybridized carbons (Fsp3) is 0.214.